The van der Waals surface area contributed by atoms with Crippen LogP contribution in [-0.2, 0) is 16.0 Å². The van der Waals surface area contributed by atoms with Crippen molar-refractivity contribution in [3.8, 4) is 11.8 Å². The van der Waals surface area contributed by atoms with Gasteiger partial charge in [-0.05, 0) is 37.5 Å². The van der Waals surface area contributed by atoms with E-state index in [1.54, 1.807) is 24.3 Å². The second-order valence-corrected chi connectivity index (χ2v) is 4.85. The fourth-order valence-electron chi connectivity index (χ4n) is 1.82. The molecule has 23 heavy (non-hydrogen) atoms. The van der Waals surface area contributed by atoms with Crippen molar-refractivity contribution in [2.75, 3.05) is 26.3 Å². The number of ether oxygens (including phenoxy) is 1. The van der Waals surface area contributed by atoms with Crippen LogP contribution in [0.1, 0.15) is 18.9 Å². The summed E-state index contributed by atoms with van der Waals surface area (Å²) in [6.07, 6.45) is 2.87. The number of nitrogens with zero attached hydrogens (tertiary/aromatic N) is 1. The molecule has 1 aromatic carbocycles. The van der Waals surface area contributed by atoms with Gasteiger partial charge in [0.2, 0.25) is 0 Å². The van der Waals surface area contributed by atoms with Gasteiger partial charge >= 0.3 is 0 Å². The fourth-order valence-corrected chi connectivity index (χ4v) is 1.82. The number of carbonyl (C=O) groups excluding carboxylic acids is 1. The number of nitriles is 1. The molecule has 0 fully saturated rings. The van der Waals surface area contributed by atoms with Gasteiger partial charge in [-0.15, -0.1) is 0 Å². The van der Waals surface area contributed by atoms with Gasteiger partial charge < -0.3 is 20.5 Å². The Bertz CT molecular complexity index is 547. The highest BCUT2D eigenvalue weighted by atomic mass is 16.5. The minimum atomic E-state index is -0.399. The average Bonchev–Trinajstić information content (AvgIpc) is 2.56. The van der Waals surface area contributed by atoms with Crippen LogP contribution in [0.5, 0.6) is 5.75 Å². The third kappa shape index (κ3) is 7.88. The van der Waals surface area contributed by atoms with Crippen LogP contribution in [0.3, 0.4) is 0 Å². The Balaban J connectivity index is 2.30. The lowest BCUT2D eigenvalue weighted by atomic mass is 10.1. The van der Waals surface area contributed by atoms with E-state index in [9.17, 15) is 9.90 Å². The Labute approximate surface area is 136 Å². The van der Waals surface area contributed by atoms with Crippen molar-refractivity contribution in [1.82, 2.24) is 10.6 Å². The minimum Gasteiger partial charge on any atom is -0.508 e. The summed E-state index contributed by atoms with van der Waals surface area (Å²) in [5, 5.41) is 23.8. The van der Waals surface area contributed by atoms with Crippen molar-refractivity contribution in [3.63, 3.8) is 0 Å². The molecule has 0 atom stereocenters. The summed E-state index contributed by atoms with van der Waals surface area (Å²) in [7, 11) is 0. The first kappa shape index (κ1) is 18.5. The van der Waals surface area contributed by atoms with E-state index >= 15 is 0 Å². The van der Waals surface area contributed by atoms with Crippen LogP contribution in [0.4, 0.5) is 0 Å². The third-order valence-corrected chi connectivity index (χ3v) is 3.06. The van der Waals surface area contributed by atoms with Crippen molar-refractivity contribution in [2.24, 2.45) is 0 Å². The molecule has 0 aliphatic heterocycles. The molecule has 1 amide bonds. The van der Waals surface area contributed by atoms with Gasteiger partial charge in [0.1, 0.15) is 17.4 Å². The second kappa shape index (κ2) is 11.1. The minimum absolute atomic E-state index is 0.0483. The predicted octanol–water partition coefficient (Wildman–Crippen LogP) is 1.47. The molecule has 0 radical (unpaired) electrons. The molecule has 6 nitrogen and oxygen atoms in total. The van der Waals surface area contributed by atoms with E-state index in [1.807, 2.05) is 13.0 Å². The number of nitrogens with one attached hydrogen (secondary N) is 2. The van der Waals surface area contributed by atoms with Crippen LogP contribution in [-0.4, -0.2) is 37.3 Å². The molecule has 0 unspecified atom stereocenters. The van der Waals surface area contributed by atoms with Crippen LogP contribution < -0.4 is 10.6 Å². The standard InChI is InChI=1S/C17H23N3O3/c1-2-23-11-3-9-19-13-15(12-18)17(22)20-10-8-14-4-6-16(21)7-5-14/h4-7,13,19,21H,2-3,8-11H2,1H3,(H,20,22)/b15-13-. The van der Waals surface area contributed by atoms with E-state index in [2.05, 4.69) is 10.6 Å². The summed E-state index contributed by atoms with van der Waals surface area (Å²) in [6.45, 7) is 4.34. The summed E-state index contributed by atoms with van der Waals surface area (Å²) < 4.78 is 5.20. The van der Waals surface area contributed by atoms with Gasteiger partial charge in [0.25, 0.3) is 5.91 Å². The van der Waals surface area contributed by atoms with Crippen molar-refractivity contribution in [2.45, 2.75) is 19.8 Å². The molecule has 0 spiro atoms. The van der Waals surface area contributed by atoms with Gasteiger partial charge in [-0.2, -0.15) is 5.26 Å². The largest absolute Gasteiger partial charge is 0.508 e. The monoisotopic (exact) mass is 317 g/mol. The number of hydrogen-bond acceptors (Lipinski definition) is 5. The Kier molecular flexibility index (Phi) is 8.94. The highest BCUT2D eigenvalue weighted by Crippen LogP contribution is 2.09. The molecule has 3 N–H and O–H groups in total. The molecule has 0 aromatic heterocycles. The number of phenolic OH excluding ortho intramolecular Hbond substituents is 1. The number of amides is 1. The molecule has 0 saturated heterocycles. The summed E-state index contributed by atoms with van der Waals surface area (Å²) >= 11 is 0. The molecule has 1 rings (SSSR count). The van der Waals surface area contributed by atoms with Crippen LogP contribution in [0.15, 0.2) is 36.0 Å². The van der Waals surface area contributed by atoms with E-state index in [0.29, 0.717) is 32.7 Å². The number of benzene rings is 1. The molecular weight excluding hydrogens is 294 g/mol. The molecule has 0 aliphatic carbocycles. The molecule has 0 bridgehead atoms. The van der Waals surface area contributed by atoms with E-state index in [1.165, 1.54) is 6.20 Å². The maximum absolute atomic E-state index is 11.9. The van der Waals surface area contributed by atoms with E-state index < -0.39 is 5.91 Å². The van der Waals surface area contributed by atoms with Crippen LogP contribution in [0.2, 0.25) is 0 Å². The van der Waals surface area contributed by atoms with Gasteiger partial charge in [0.05, 0.1) is 0 Å². The zero-order chi connectivity index (χ0) is 16.9. The summed E-state index contributed by atoms with van der Waals surface area (Å²) in [5.74, 6) is -0.188. The number of aromatic hydroxyl groups is 1. The van der Waals surface area contributed by atoms with Crippen molar-refractivity contribution in [1.29, 1.82) is 5.26 Å². The Hall–Kier alpha value is -2.52. The molecule has 0 aliphatic rings. The number of hydrogen-bond donors (Lipinski definition) is 3. The van der Waals surface area contributed by atoms with Crippen LogP contribution in [0.25, 0.3) is 0 Å². The van der Waals surface area contributed by atoms with Crippen molar-refractivity contribution < 1.29 is 14.6 Å². The van der Waals surface area contributed by atoms with Crippen molar-refractivity contribution >= 4 is 5.91 Å². The normalized spacial score (nSPS) is 10.9. The summed E-state index contributed by atoms with van der Waals surface area (Å²) in [5.41, 5.74) is 1.05. The first-order chi connectivity index (χ1) is 11.2. The molecule has 6 heteroatoms. The van der Waals surface area contributed by atoms with Crippen LogP contribution >= 0.6 is 0 Å². The Morgan fingerprint density at radius 2 is 2.09 bits per heavy atom. The lowest BCUT2D eigenvalue weighted by Gasteiger charge is -2.06. The summed E-state index contributed by atoms with van der Waals surface area (Å²) in [4.78, 5) is 11.9. The highest BCUT2D eigenvalue weighted by molar-refractivity contribution is 5.97. The molecule has 0 heterocycles. The first-order valence-corrected chi connectivity index (χ1v) is 7.65. The lowest BCUT2D eigenvalue weighted by Crippen LogP contribution is -2.27. The molecular formula is C17H23N3O3. The second-order valence-electron chi connectivity index (χ2n) is 4.85. The lowest BCUT2D eigenvalue weighted by molar-refractivity contribution is -0.117. The fraction of sp³-hybridized carbons (Fsp3) is 0.412. The van der Waals surface area contributed by atoms with Gasteiger partial charge in [0.15, 0.2) is 0 Å². The zero-order valence-electron chi connectivity index (χ0n) is 13.3. The first-order valence-electron chi connectivity index (χ1n) is 7.65. The van der Waals surface area contributed by atoms with Crippen LogP contribution in [0, 0.1) is 11.3 Å². The highest BCUT2D eigenvalue weighted by Gasteiger charge is 2.07. The molecule has 0 saturated carbocycles. The van der Waals surface area contributed by atoms with E-state index in [0.717, 1.165) is 12.0 Å². The maximum Gasteiger partial charge on any atom is 0.263 e. The maximum atomic E-state index is 11.9. The third-order valence-electron chi connectivity index (χ3n) is 3.06. The van der Waals surface area contributed by atoms with Gasteiger partial charge in [-0.3, -0.25) is 4.79 Å². The molecule has 1 aromatic rings. The van der Waals surface area contributed by atoms with E-state index in [-0.39, 0.29) is 11.3 Å². The zero-order valence-corrected chi connectivity index (χ0v) is 13.3. The van der Waals surface area contributed by atoms with Gasteiger partial charge in [0, 0.05) is 32.5 Å². The topological polar surface area (TPSA) is 94.4 Å². The Morgan fingerprint density at radius 3 is 2.74 bits per heavy atom. The smallest absolute Gasteiger partial charge is 0.263 e. The average molecular weight is 317 g/mol. The van der Waals surface area contributed by atoms with E-state index in [4.69, 9.17) is 10.00 Å². The Morgan fingerprint density at radius 1 is 1.35 bits per heavy atom. The predicted molar refractivity (Wildman–Crippen MR) is 87.6 cm³/mol. The van der Waals surface area contributed by atoms with Gasteiger partial charge in [-0.1, -0.05) is 12.1 Å². The van der Waals surface area contributed by atoms with Gasteiger partial charge in [-0.25, -0.2) is 0 Å². The van der Waals surface area contributed by atoms with Crippen molar-refractivity contribution in [3.05, 3.63) is 41.6 Å². The quantitative estimate of drug-likeness (QED) is 0.345. The number of phenols is 1. The summed E-state index contributed by atoms with van der Waals surface area (Å²) in [6, 6.07) is 8.67. The number of carbonyl (C=O) groups is 1. The SMILES string of the molecule is CCOCCCN/C=C(/C#N)C(=O)NCCc1ccc(O)cc1. The number of rotatable bonds is 10. The molecule has 124 valence electrons.